The minimum absolute atomic E-state index is 0.687. The van der Waals surface area contributed by atoms with Crippen molar-refractivity contribution in [1.82, 2.24) is 14.5 Å². The van der Waals surface area contributed by atoms with E-state index >= 15 is 0 Å². The quantitative estimate of drug-likeness (QED) is 0.191. The first-order valence-corrected chi connectivity index (χ1v) is 15.7. The minimum Gasteiger partial charge on any atom is -0.276 e. The van der Waals surface area contributed by atoms with Crippen LogP contribution >= 0.6 is 11.3 Å². The van der Waals surface area contributed by atoms with Gasteiger partial charge < -0.3 is 0 Å². The highest BCUT2D eigenvalue weighted by Gasteiger charge is 2.23. The summed E-state index contributed by atoms with van der Waals surface area (Å²) in [7, 11) is 0. The Morgan fingerprint density at radius 2 is 1.14 bits per heavy atom. The van der Waals surface area contributed by atoms with Gasteiger partial charge in [-0.1, -0.05) is 121 Å². The average molecular weight is 578 g/mol. The molecule has 0 aliphatic heterocycles. The molecular formula is C40H23N3S. The standard InChI is InChI=1S/C40H23N3S/c1-2-13-25(14-3-1)37-36-26-15-5-4-12-24(26)22-23-31(36)41-40(42-37)43-32-20-10-8-18-29(32)34-27-16-6-7-17-28(27)35-30-19-9-11-21-33(30)44-39(35)38(34)43/h1-23H. The van der Waals surface area contributed by atoms with Crippen LogP contribution in [0.4, 0.5) is 0 Å². The second kappa shape index (κ2) is 8.96. The van der Waals surface area contributed by atoms with E-state index in [9.17, 15) is 0 Å². The maximum Gasteiger partial charge on any atom is 0.235 e. The first-order chi connectivity index (χ1) is 21.8. The lowest BCUT2D eigenvalue weighted by Crippen LogP contribution is -2.04. The molecule has 10 rings (SSSR count). The summed E-state index contributed by atoms with van der Waals surface area (Å²) in [6.45, 7) is 0. The first-order valence-electron chi connectivity index (χ1n) is 14.9. The summed E-state index contributed by atoms with van der Waals surface area (Å²) < 4.78 is 4.86. The summed E-state index contributed by atoms with van der Waals surface area (Å²) in [6, 6.07) is 49.7. The van der Waals surface area contributed by atoms with Crippen LogP contribution in [0.3, 0.4) is 0 Å². The molecule has 10 aromatic rings. The van der Waals surface area contributed by atoms with Gasteiger partial charge in [0.15, 0.2) is 0 Å². The molecule has 0 unspecified atom stereocenters. The molecule has 0 bridgehead atoms. The van der Waals surface area contributed by atoms with E-state index in [1.807, 2.05) is 11.3 Å². The van der Waals surface area contributed by atoms with Crippen LogP contribution < -0.4 is 0 Å². The fourth-order valence-corrected chi connectivity index (χ4v) is 8.39. The molecule has 3 nitrogen and oxygen atoms in total. The Morgan fingerprint density at radius 3 is 1.98 bits per heavy atom. The number of aromatic nitrogens is 3. The van der Waals surface area contributed by atoms with E-state index in [-0.39, 0.29) is 0 Å². The van der Waals surface area contributed by atoms with E-state index < -0.39 is 0 Å². The van der Waals surface area contributed by atoms with E-state index in [1.165, 1.54) is 52.6 Å². The zero-order valence-electron chi connectivity index (χ0n) is 23.5. The monoisotopic (exact) mass is 577 g/mol. The Bertz CT molecular complexity index is 2770. The summed E-state index contributed by atoms with van der Waals surface area (Å²) in [5, 5.41) is 11.0. The third-order valence-electron chi connectivity index (χ3n) is 8.97. The predicted octanol–water partition coefficient (Wildman–Crippen LogP) is 11.1. The Labute approximate surface area is 256 Å². The topological polar surface area (TPSA) is 30.7 Å². The minimum atomic E-state index is 0.687. The fraction of sp³-hybridized carbons (Fsp3) is 0. The van der Waals surface area contributed by atoms with Crippen molar-refractivity contribution in [2.45, 2.75) is 0 Å². The largest absolute Gasteiger partial charge is 0.276 e. The molecule has 0 saturated heterocycles. The molecule has 0 aliphatic rings. The van der Waals surface area contributed by atoms with Gasteiger partial charge in [-0.3, -0.25) is 4.57 Å². The van der Waals surface area contributed by atoms with Crippen LogP contribution in [0.15, 0.2) is 140 Å². The number of para-hydroxylation sites is 1. The Morgan fingerprint density at radius 1 is 0.477 bits per heavy atom. The normalized spacial score (nSPS) is 12.1. The third kappa shape index (κ3) is 3.20. The molecule has 0 atom stereocenters. The predicted molar refractivity (Wildman–Crippen MR) is 187 cm³/mol. The van der Waals surface area contributed by atoms with E-state index in [4.69, 9.17) is 9.97 Å². The molecule has 0 fully saturated rings. The van der Waals surface area contributed by atoms with Crippen molar-refractivity contribution >= 4 is 85.8 Å². The molecule has 3 aromatic heterocycles. The number of nitrogens with zero attached hydrogens (tertiary/aromatic N) is 3. The van der Waals surface area contributed by atoms with E-state index in [1.54, 1.807) is 0 Å². The van der Waals surface area contributed by atoms with Gasteiger partial charge in [-0.2, -0.15) is 0 Å². The fourth-order valence-electron chi connectivity index (χ4n) is 7.13. The summed E-state index contributed by atoms with van der Waals surface area (Å²) in [6.07, 6.45) is 0. The lowest BCUT2D eigenvalue weighted by atomic mass is 9.99. The molecule has 0 N–H and O–H groups in total. The molecule has 7 aromatic carbocycles. The highest BCUT2D eigenvalue weighted by Crippen LogP contribution is 2.47. The Hall–Kier alpha value is -5.58. The smallest absolute Gasteiger partial charge is 0.235 e. The van der Waals surface area contributed by atoms with Gasteiger partial charge >= 0.3 is 0 Å². The molecule has 204 valence electrons. The maximum absolute atomic E-state index is 5.46. The van der Waals surface area contributed by atoms with E-state index in [2.05, 4.69) is 144 Å². The van der Waals surface area contributed by atoms with Crippen molar-refractivity contribution in [2.75, 3.05) is 0 Å². The van der Waals surface area contributed by atoms with Crippen molar-refractivity contribution < 1.29 is 0 Å². The van der Waals surface area contributed by atoms with Gasteiger partial charge in [0.2, 0.25) is 5.95 Å². The van der Waals surface area contributed by atoms with Crippen LogP contribution in [0.5, 0.6) is 0 Å². The van der Waals surface area contributed by atoms with Crippen LogP contribution in [-0.4, -0.2) is 14.5 Å². The molecule has 44 heavy (non-hydrogen) atoms. The Balaban J connectivity index is 1.45. The van der Waals surface area contributed by atoms with Crippen LogP contribution in [0.1, 0.15) is 0 Å². The molecule has 0 saturated carbocycles. The SMILES string of the molecule is c1ccc(-c2nc(-n3c4ccccc4c4c5ccccc5c5c6ccccc6sc5c43)nc3ccc4ccccc4c23)cc1. The molecule has 0 aliphatic carbocycles. The molecular weight excluding hydrogens is 555 g/mol. The second-order valence-electron chi connectivity index (χ2n) is 11.3. The van der Waals surface area contributed by atoms with Crippen molar-refractivity contribution in [3.05, 3.63) is 140 Å². The van der Waals surface area contributed by atoms with E-state index in [0.29, 0.717) is 5.95 Å². The van der Waals surface area contributed by atoms with Gasteiger partial charge in [-0.05, 0) is 39.7 Å². The second-order valence-corrected chi connectivity index (χ2v) is 12.4. The third-order valence-corrected chi connectivity index (χ3v) is 10.2. The van der Waals surface area contributed by atoms with Gasteiger partial charge in [-0.25, -0.2) is 9.97 Å². The summed E-state index contributed by atoms with van der Waals surface area (Å²) in [5.74, 6) is 0.687. The van der Waals surface area contributed by atoms with Crippen LogP contribution in [0, 0.1) is 0 Å². The number of benzene rings is 7. The lowest BCUT2D eigenvalue weighted by Gasteiger charge is -2.14. The van der Waals surface area contributed by atoms with Crippen molar-refractivity contribution in [1.29, 1.82) is 0 Å². The number of hydrogen-bond acceptors (Lipinski definition) is 3. The first kappa shape index (κ1) is 23.9. The molecule has 3 heterocycles. The maximum atomic E-state index is 5.46. The van der Waals surface area contributed by atoms with Gasteiger partial charge in [-0.15, -0.1) is 11.3 Å². The Kier molecular flexibility index (Phi) is 4.87. The molecule has 0 spiro atoms. The molecule has 4 heteroatoms. The van der Waals surface area contributed by atoms with Gasteiger partial charge in [0, 0.05) is 37.2 Å². The zero-order valence-corrected chi connectivity index (χ0v) is 24.3. The number of hydrogen-bond donors (Lipinski definition) is 0. The van der Waals surface area contributed by atoms with Gasteiger partial charge in [0.25, 0.3) is 0 Å². The summed E-state index contributed by atoms with van der Waals surface area (Å²) in [4.78, 5) is 10.8. The molecule has 0 amide bonds. The summed E-state index contributed by atoms with van der Waals surface area (Å²) >= 11 is 1.86. The lowest BCUT2D eigenvalue weighted by molar-refractivity contribution is 1.02. The van der Waals surface area contributed by atoms with Gasteiger partial charge in [0.1, 0.15) is 0 Å². The van der Waals surface area contributed by atoms with Crippen molar-refractivity contribution in [2.24, 2.45) is 0 Å². The van der Waals surface area contributed by atoms with Crippen LogP contribution in [-0.2, 0) is 0 Å². The highest BCUT2D eigenvalue weighted by atomic mass is 32.1. The number of fused-ring (bicyclic) bond motifs is 13. The summed E-state index contributed by atoms with van der Waals surface area (Å²) in [5.41, 5.74) is 5.24. The average Bonchev–Trinajstić information content (AvgIpc) is 3.65. The van der Waals surface area contributed by atoms with Crippen LogP contribution in [0.2, 0.25) is 0 Å². The van der Waals surface area contributed by atoms with E-state index in [0.717, 1.165) is 33.1 Å². The zero-order chi connectivity index (χ0) is 28.8. The van der Waals surface area contributed by atoms with Crippen molar-refractivity contribution in [3.8, 4) is 17.2 Å². The molecule has 0 radical (unpaired) electrons. The number of rotatable bonds is 2. The van der Waals surface area contributed by atoms with Crippen LogP contribution in [0.25, 0.3) is 91.6 Å². The van der Waals surface area contributed by atoms with Gasteiger partial charge in [0.05, 0.1) is 26.9 Å². The highest BCUT2D eigenvalue weighted by molar-refractivity contribution is 7.27. The number of thiophene rings is 1. The van der Waals surface area contributed by atoms with Crippen molar-refractivity contribution in [3.63, 3.8) is 0 Å².